The van der Waals surface area contributed by atoms with Crippen LogP contribution in [0, 0.1) is 0 Å². The Bertz CT molecular complexity index is 1700. The summed E-state index contributed by atoms with van der Waals surface area (Å²) in [4.78, 5) is 52.5. The third kappa shape index (κ3) is 13.3. The zero-order chi connectivity index (χ0) is 36.1. The lowest BCUT2D eigenvalue weighted by atomic mass is 9.95. The molecule has 2 aromatic heterocycles. The second-order valence-electron chi connectivity index (χ2n) is 13.7. The molecule has 3 aromatic rings. The van der Waals surface area contributed by atoms with Gasteiger partial charge in [0.25, 0.3) is 0 Å². The van der Waals surface area contributed by atoms with Gasteiger partial charge >= 0.3 is 12.1 Å². The number of allylic oxidation sites excluding steroid dienone is 3. The van der Waals surface area contributed by atoms with Crippen LogP contribution in [0.3, 0.4) is 0 Å². The van der Waals surface area contributed by atoms with E-state index in [1.54, 1.807) is 34.4 Å². The number of benzene rings is 1. The van der Waals surface area contributed by atoms with Crippen LogP contribution in [0.15, 0.2) is 89.0 Å². The van der Waals surface area contributed by atoms with Crippen LogP contribution in [0.5, 0.6) is 0 Å². The summed E-state index contributed by atoms with van der Waals surface area (Å²) in [6.07, 6.45) is 12.6. The molecule has 0 saturated heterocycles. The predicted molar refractivity (Wildman–Crippen MR) is 198 cm³/mol. The third-order valence-corrected chi connectivity index (χ3v) is 9.76. The maximum Gasteiger partial charge on any atom is 0.407 e. The molecule has 5 rings (SSSR count). The highest BCUT2D eigenvalue weighted by Gasteiger charge is 2.35. The van der Waals surface area contributed by atoms with Gasteiger partial charge in [-0.1, -0.05) is 41.8 Å². The first-order valence-corrected chi connectivity index (χ1v) is 19.0. The normalized spacial score (nSPS) is 15.4. The first kappa shape index (κ1) is 37.7. The van der Waals surface area contributed by atoms with Gasteiger partial charge in [0.15, 0.2) is 0 Å². The summed E-state index contributed by atoms with van der Waals surface area (Å²) in [6.45, 7) is 6.33. The molecule has 0 bridgehead atoms. The molecule has 1 saturated carbocycles. The third-order valence-electron chi connectivity index (χ3n) is 8.24. The summed E-state index contributed by atoms with van der Waals surface area (Å²) < 4.78 is 11.6. The van der Waals surface area contributed by atoms with Gasteiger partial charge < -0.3 is 30.3 Å². The van der Waals surface area contributed by atoms with Crippen LogP contribution in [0.25, 0.3) is 0 Å². The maximum absolute atomic E-state index is 14.1. The lowest BCUT2D eigenvalue weighted by molar-refractivity contribution is -0.126. The highest BCUT2D eigenvalue weighted by atomic mass is 32.1. The van der Waals surface area contributed by atoms with E-state index in [9.17, 15) is 14.4 Å². The number of hydrogen-bond acceptors (Lipinski definition) is 9. The van der Waals surface area contributed by atoms with Crippen molar-refractivity contribution in [1.82, 2.24) is 30.8 Å². The zero-order valence-electron chi connectivity index (χ0n) is 29.3. The largest absolute Gasteiger partial charge is 0.444 e. The Morgan fingerprint density at radius 2 is 1.65 bits per heavy atom. The number of nitrogens with zero attached hydrogens (tertiary/aromatic N) is 3. The van der Waals surface area contributed by atoms with Crippen LogP contribution >= 0.6 is 22.7 Å². The van der Waals surface area contributed by atoms with Crippen LogP contribution < -0.4 is 16.0 Å². The SMILES string of the molecule is CC(C)(C)OCC(NC(=O)N(Cc1cncs1)C1CC1)C(=O)NC(CCC(CC1=CC=C=C=C1)NC(=O)OCc1cncs1)Cc1ccccc1. The van der Waals surface area contributed by atoms with E-state index in [1.807, 2.05) is 63.3 Å². The molecule has 13 heteroatoms. The van der Waals surface area contributed by atoms with Gasteiger partial charge in [0.2, 0.25) is 5.91 Å². The average Bonchev–Trinajstić information content (AvgIpc) is 3.55. The number of hydrogen-bond donors (Lipinski definition) is 3. The summed E-state index contributed by atoms with van der Waals surface area (Å²) in [6, 6.07) is 8.24. The summed E-state index contributed by atoms with van der Waals surface area (Å²) in [7, 11) is 0. The monoisotopic (exact) mass is 730 g/mol. The summed E-state index contributed by atoms with van der Waals surface area (Å²) >= 11 is 2.92. The minimum Gasteiger partial charge on any atom is -0.444 e. The van der Waals surface area contributed by atoms with Crippen LogP contribution in [0.4, 0.5) is 9.59 Å². The van der Waals surface area contributed by atoms with Gasteiger partial charge in [0, 0.05) is 35.4 Å². The highest BCUT2D eigenvalue weighted by Crippen LogP contribution is 2.29. The number of amides is 4. The Morgan fingerprint density at radius 1 is 0.941 bits per heavy atom. The maximum atomic E-state index is 14.1. The van der Waals surface area contributed by atoms with E-state index in [1.165, 1.54) is 22.7 Å². The molecule has 0 aliphatic heterocycles. The molecule has 2 aliphatic rings. The lowest BCUT2D eigenvalue weighted by Crippen LogP contribution is -2.56. The average molecular weight is 731 g/mol. The molecule has 0 spiro atoms. The van der Waals surface area contributed by atoms with Crippen molar-refractivity contribution in [2.24, 2.45) is 0 Å². The van der Waals surface area contributed by atoms with E-state index in [2.05, 4.69) is 37.4 Å². The van der Waals surface area contributed by atoms with Crippen LogP contribution in [-0.4, -0.2) is 69.3 Å². The molecule has 270 valence electrons. The van der Waals surface area contributed by atoms with E-state index < -0.39 is 17.7 Å². The molecule has 3 N–H and O–H groups in total. The summed E-state index contributed by atoms with van der Waals surface area (Å²) in [5.41, 5.74) is 10.9. The molecular weight excluding hydrogens is 685 g/mol. The van der Waals surface area contributed by atoms with E-state index >= 15 is 0 Å². The van der Waals surface area contributed by atoms with Gasteiger partial charge in [-0.25, -0.2) is 9.59 Å². The Kier molecular flexibility index (Phi) is 13.8. The van der Waals surface area contributed by atoms with Gasteiger partial charge in [-0.3, -0.25) is 14.8 Å². The van der Waals surface area contributed by atoms with E-state index in [-0.39, 0.29) is 43.3 Å². The van der Waals surface area contributed by atoms with E-state index in [4.69, 9.17) is 9.47 Å². The molecule has 3 unspecified atom stereocenters. The summed E-state index contributed by atoms with van der Waals surface area (Å²) in [5, 5.41) is 9.26. The predicted octanol–water partition coefficient (Wildman–Crippen LogP) is 6.46. The number of nitrogens with one attached hydrogen (secondary N) is 3. The molecule has 0 radical (unpaired) electrons. The topological polar surface area (TPSA) is 135 Å². The molecule has 1 aromatic carbocycles. The Hall–Kier alpha value is -4.51. The lowest BCUT2D eigenvalue weighted by Gasteiger charge is -2.30. The van der Waals surface area contributed by atoms with Gasteiger partial charge in [-0.05, 0) is 88.7 Å². The van der Waals surface area contributed by atoms with Crippen molar-refractivity contribution in [3.8, 4) is 0 Å². The van der Waals surface area contributed by atoms with Crippen molar-refractivity contribution in [2.75, 3.05) is 6.61 Å². The minimum atomic E-state index is -0.926. The van der Waals surface area contributed by atoms with Crippen LogP contribution in [-0.2, 0) is 33.8 Å². The molecule has 1 fully saturated rings. The Balaban J connectivity index is 1.29. The fourth-order valence-corrected chi connectivity index (χ4v) is 6.59. The first-order valence-electron chi connectivity index (χ1n) is 17.2. The number of aromatic nitrogens is 2. The number of ether oxygens (including phenoxy) is 2. The second-order valence-corrected chi connectivity index (χ2v) is 15.6. The molecule has 51 heavy (non-hydrogen) atoms. The van der Waals surface area contributed by atoms with Crippen molar-refractivity contribution >= 4 is 40.7 Å². The quantitative estimate of drug-likeness (QED) is 0.128. The number of thiazole rings is 2. The van der Waals surface area contributed by atoms with Crippen molar-refractivity contribution in [3.05, 3.63) is 104 Å². The first-order chi connectivity index (χ1) is 24.6. The number of urea groups is 1. The number of carbonyl (C=O) groups excluding carboxylic acids is 3. The minimum absolute atomic E-state index is 0.00943. The van der Waals surface area contributed by atoms with Crippen molar-refractivity contribution in [2.45, 2.75) is 102 Å². The highest BCUT2D eigenvalue weighted by molar-refractivity contribution is 7.09. The zero-order valence-corrected chi connectivity index (χ0v) is 30.9. The number of alkyl carbamates (subject to hydrolysis) is 1. The van der Waals surface area contributed by atoms with E-state index in [0.29, 0.717) is 32.2 Å². The fourth-order valence-electron chi connectivity index (χ4n) is 5.49. The van der Waals surface area contributed by atoms with Gasteiger partial charge in [0.1, 0.15) is 12.6 Å². The molecule has 4 amide bonds. The van der Waals surface area contributed by atoms with Gasteiger partial charge in [0.05, 0.1) is 34.7 Å². The van der Waals surface area contributed by atoms with Crippen molar-refractivity contribution < 1.29 is 23.9 Å². The Morgan fingerprint density at radius 3 is 2.27 bits per heavy atom. The van der Waals surface area contributed by atoms with Gasteiger partial charge in [-0.2, -0.15) is 0 Å². The smallest absolute Gasteiger partial charge is 0.407 e. The molecule has 2 heterocycles. The Labute approximate surface area is 307 Å². The standard InChI is InChI=1S/C38H46N6O5S2/c1-38(2,3)49-24-34(43-36(46)44(31-16-17-31)22-32-20-39-25-50-32)35(45)41-29(18-27-10-6-4-7-11-27)14-15-30(19-28-12-8-5-9-13-28)42-37(47)48-23-33-21-40-26-51-33/h4,6-8,10-13,20-21,25-26,29-31,34H,14-19,22-24H2,1-3H3,(H,41,45)(H,42,47)(H,43,46). The van der Waals surface area contributed by atoms with Crippen LogP contribution in [0.2, 0.25) is 0 Å². The van der Waals surface area contributed by atoms with E-state index in [0.717, 1.165) is 33.7 Å². The second kappa shape index (κ2) is 18.6. The fraction of sp³-hybridized carbons (Fsp3) is 0.447. The summed E-state index contributed by atoms with van der Waals surface area (Å²) in [5.74, 6) is -0.330. The number of rotatable bonds is 18. The van der Waals surface area contributed by atoms with Gasteiger partial charge in [-0.15, -0.1) is 22.7 Å². The van der Waals surface area contributed by atoms with Crippen LogP contribution in [0.1, 0.15) is 68.2 Å². The molecule has 11 nitrogen and oxygen atoms in total. The van der Waals surface area contributed by atoms with Crippen molar-refractivity contribution in [3.63, 3.8) is 0 Å². The molecule has 2 aliphatic carbocycles. The van der Waals surface area contributed by atoms with Crippen molar-refractivity contribution in [1.29, 1.82) is 0 Å². The molecular formula is C38H46N6O5S2. The number of carbonyl (C=O) groups is 3. The molecule has 3 atom stereocenters.